The molecule has 358 valence electrons. The number of hydrogen-bond donors (Lipinski definition) is 0. The fraction of sp³-hybridized carbons (Fsp3) is 0.480. The molecule has 2 fully saturated rings. The van der Waals surface area contributed by atoms with E-state index in [1.807, 2.05) is 6.08 Å². The van der Waals surface area contributed by atoms with Crippen molar-refractivity contribution in [2.75, 3.05) is 37.1 Å². The zero-order chi connectivity index (χ0) is 48.3. The van der Waals surface area contributed by atoms with Gasteiger partial charge in [-0.2, -0.15) is 0 Å². The molecule has 0 radical (unpaired) electrons. The van der Waals surface area contributed by atoms with E-state index in [2.05, 4.69) is 48.0 Å². The summed E-state index contributed by atoms with van der Waals surface area (Å²) in [5.41, 5.74) is 3.95. The van der Waals surface area contributed by atoms with Crippen molar-refractivity contribution in [1.29, 1.82) is 0 Å². The van der Waals surface area contributed by atoms with Gasteiger partial charge < -0.3 is 28.7 Å². The van der Waals surface area contributed by atoms with Gasteiger partial charge in [0.05, 0.1) is 55.5 Å². The Balaban J connectivity index is 0.876. The number of methoxy groups -OCH3 is 2. The van der Waals surface area contributed by atoms with Crippen LogP contribution < -0.4 is 19.3 Å². The molecule has 4 aromatic rings. The second-order valence-corrected chi connectivity index (χ2v) is 19.0. The Morgan fingerprint density at radius 2 is 1.31 bits per heavy atom. The van der Waals surface area contributed by atoms with Crippen LogP contribution in [-0.2, 0) is 55.0 Å². The average Bonchev–Trinajstić information content (AvgIpc) is 4.09. The Hall–Kier alpha value is -6.98. The van der Waals surface area contributed by atoms with E-state index >= 15 is 0 Å². The first-order valence-corrected chi connectivity index (χ1v) is 23.2. The van der Waals surface area contributed by atoms with Gasteiger partial charge in [-0.25, -0.2) is 4.79 Å². The molecule has 0 unspecified atom stereocenters. The molecule has 2 aromatic carbocycles. The fourth-order valence-electron chi connectivity index (χ4n) is 10.9. The average molecular weight is 931 g/mol. The van der Waals surface area contributed by atoms with Crippen molar-refractivity contribution < 1.29 is 47.7 Å². The zero-order valence-corrected chi connectivity index (χ0v) is 39.3. The first-order chi connectivity index (χ1) is 32.6. The lowest BCUT2D eigenvalue weighted by atomic mass is 9.47. The zero-order valence-electron chi connectivity index (χ0n) is 39.3. The van der Waals surface area contributed by atoms with Crippen LogP contribution in [0.3, 0.4) is 0 Å². The van der Waals surface area contributed by atoms with Gasteiger partial charge in [0.1, 0.15) is 36.1 Å². The number of carbonyl (C=O) groups is 6. The summed E-state index contributed by atoms with van der Waals surface area (Å²) in [6, 6.07) is 9.92. The van der Waals surface area contributed by atoms with Gasteiger partial charge in [0.15, 0.2) is 0 Å². The molecule has 18 heteroatoms. The predicted octanol–water partition coefficient (Wildman–Crippen LogP) is 6.42. The number of anilines is 2. The Morgan fingerprint density at radius 1 is 0.765 bits per heavy atom. The van der Waals surface area contributed by atoms with Gasteiger partial charge in [-0.3, -0.25) is 33.3 Å². The molecule has 68 heavy (non-hydrogen) atoms. The van der Waals surface area contributed by atoms with Crippen LogP contribution in [0.5, 0.6) is 11.5 Å². The molecule has 8 rings (SSSR count). The van der Waals surface area contributed by atoms with Crippen LogP contribution in [0.1, 0.15) is 111 Å². The van der Waals surface area contributed by atoms with E-state index in [0.717, 1.165) is 31.3 Å². The normalized spacial score (nSPS) is 20.9. The minimum Gasteiger partial charge on any atom is -0.497 e. The smallest absolute Gasteiger partial charge is 0.334 e. The van der Waals surface area contributed by atoms with Crippen LogP contribution in [0.2, 0.25) is 0 Å². The van der Waals surface area contributed by atoms with Crippen LogP contribution in [-0.4, -0.2) is 92.6 Å². The summed E-state index contributed by atoms with van der Waals surface area (Å²) in [6.07, 6.45) is 11.6. The van der Waals surface area contributed by atoms with Gasteiger partial charge in [-0.1, -0.05) is 55.8 Å². The molecule has 0 saturated heterocycles. The van der Waals surface area contributed by atoms with Crippen LogP contribution in [0, 0.1) is 22.7 Å². The van der Waals surface area contributed by atoms with E-state index in [-0.39, 0.29) is 55.0 Å². The van der Waals surface area contributed by atoms with E-state index in [1.165, 1.54) is 30.4 Å². The lowest BCUT2D eigenvalue weighted by Crippen LogP contribution is -2.49. The number of benzene rings is 2. The molecule has 0 N–H and O–H groups in total. The number of hydrogen-bond acceptors (Lipinski definition) is 14. The lowest BCUT2D eigenvalue weighted by Gasteiger charge is -2.58. The summed E-state index contributed by atoms with van der Waals surface area (Å²) >= 11 is 0. The molecule has 0 bridgehead atoms. The Morgan fingerprint density at radius 3 is 1.85 bits per heavy atom. The molecule has 2 aliphatic carbocycles. The molecule has 3 atom stereocenters. The fourth-order valence-corrected chi connectivity index (χ4v) is 10.9. The highest BCUT2D eigenvalue weighted by atomic mass is 16.5. The van der Waals surface area contributed by atoms with Crippen molar-refractivity contribution in [1.82, 2.24) is 30.0 Å². The number of amides is 2. The topological polar surface area (TPSA) is 207 Å². The highest BCUT2D eigenvalue weighted by Gasteiger charge is 2.52. The van der Waals surface area contributed by atoms with E-state index < -0.39 is 35.3 Å². The molecular weight excluding hydrogens is 873 g/mol. The van der Waals surface area contributed by atoms with Crippen LogP contribution in [0.4, 0.5) is 11.4 Å². The van der Waals surface area contributed by atoms with Crippen LogP contribution in [0.15, 0.2) is 72.6 Å². The summed E-state index contributed by atoms with van der Waals surface area (Å²) in [4.78, 5) is 80.9. The van der Waals surface area contributed by atoms with Gasteiger partial charge in [0.25, 0.3) is 23.4 Å². The second kappa shape index (κ2) is 19.7. The lowest BCUT2D eigenvalue weighted by molar-refractivity contribution is -0.147. The molecule has 2 aliphatic heterocycles. The molecule has 2 aromatic heterocycles. The summed E-state index contributed by atoms with van der Waals surface area (Å²) in [7, 11) is 2.99. The largest absolute Gasteiger partial charge is 0.497 e. The first kappa shape index (κ1) is 47.5. The molecule has 2 saturated carbocycles. The Kier molecular flexibility index (Phi) is 13.8. The van der Waals surface area contributed by atoms with Crippen LogP contribution in [0.25, 0.3) is 0 Å². The van der Waals surface area contributed by atoms with Crippen molar-refractivity contribution in [3.05, 3.63) is 95.1 Å². The van der Waals surface area contributed by atoms with Gasteiger partial charge in [0.2, 0.25) is 0 Å². The van der Waals surface area contributed by atoms with Crippen molar-refractivity contribution in [2.24, 2.45) is 22.7 Å². The molecule has 2 amide bonds. The van der Waals surface area contributed by atoms with Crippen molar-refractivity contribution >= 4 is 46.7 Å². The number of aryl methyl sites for hydroxylation is 2. The Bertz CT molecular complexity index is 2680. The monoisotopic (exact) mass is 930 g/mol. The third kappa shape index (κ3) is 9.71. The maximum Gasteiger partial charge on any atom is 0.334 e. The van der Waals surface area contributed by atoms with Crippen molar-refractivity contribution in [3.63, 3.8) is 0 Å². The molecule has 4 aliphatic rings. The van der Waals surface area contributed by atoms with Gasteiger partial charge in [0, 0.05) is 31.8 Å². The SMILES string of the molecule is C=C1CC[C@H]2C(C)(C)CCC[C@]2(C)[C@H]1C/C=C(\CC(=O)OCc1cn(CCCN2C(=O)C(=O)c3cc(OC)ccc32)nn1)C(=O)OCc1cn(CCCN2C(=O)C(=O)c3cc(OC)ccc32)nn1. The summed E-state index contributed by atoms with van der Waals surface area (Å²) in [5, 5.41) is 16.6. The quantitative estimate of drug-likeness (QED) is 0.0431. The number of carbonyl (C=O) groups excluding carboxylic acids is 6. The highest BCUT2D eigenvalue weighted by Crippen LogP contribution is 2.61. The molecular formula is C50H58N8O10. The third-order valence-corrected chi connectivity index (χ3v) is 14.3. The first-order valence-electron chi connectivity index (χ1n) is 23.2. The number of rotatable bonds is 19. The van der Waals surface area contributed by atoms with E-state index in [9.17, 15) is 28.8 Å². The van der Waals surface area contributed by atoms with E-state index in [4.69, 9.17) is 18.9 Å². The van der Waals surface area contributed by atoms with Gasteiger partial charge >= 0.3 is 11.9 Å². The number of ether oxygens (including phenoxy) is 4. The minimum absolute atomic E-state index is 0.0119. The van der Waals surface area contributed by atoms with Crippen LogP contribution >= 0.6 is 0 Å². The number of ketones is 2. The van der Waals surface area contributed by atoms with E-state index in [1.54, 1.807) is 58.2 Å². The standard InChI is InChI=1S/C50H58N8O10/c1-31-10-17-42-49(2,3)18-7-19-50(42,4)39(31)14-11-32(48(64)68-30-34-28-56(54-52-34)21-9-23-58-41-16-13-36(66-6)26-38(41)45(61)47(58)63)24-43(59)67-29-33-27-55(53-51-33)20-8-22-57-40-15-12-35(65-5)25-37(40)44(60)46(57)62/h11-13,15-16,25-28,39,42H,1,7-10,14,17-24,29-30H2,2-6H3/b32-11+/t39-,42-,50+/m0/s1. The van der Waals surface area contributed by atoms with Crippen molar-refractivity contribution in [3.8, 4) is 11.5 Å². The summed E-state index contributed by atoms with van der Waals surface area (Å²) < 4.78 is 25.0. The summed E-state index contributed by atoms with van der Waals surface area (Å²) in [6.45, 7) is 12.5. The van der Waals surface area contributed by atoms with Crippen molar-refractivity contribution in [2.45, 2.75) is 105 Å². The van der Waals surface area contributed by atoms with Gasteiger partial charge in [-0.05, 0) is 104 Å². The molecule has 18 nitrogen and oxygen atoms in total. The highest BCUT2D eigenvalue weighted by molar-refractivity contribution is 6.53. The molecule has 0 spiro atoms. The molecule has 4 heterocycles. The van der Waals surface area contributed by atoms with Gasteiger partial charge in [-0.15, -0.1) is 10.2 Å². The predicted molar refractivity (Wildman–Crippen MR) is 247 cm³/mol. The number of esters is 2. The second-order valence-electron chi connectivity index (χ2n) is 19.0. The number of allylic oxidation sites excluding steroid dienone is 2. The number of aromatic nitrogens is 6. The Labute approximate surface area is 394 Å². The maximum atomic E-state index is 13.9. The maximum absolute atomic E-state index is 13.9. The number of nitrogens with zero attached hydrogens (tertiary/aromatic N) is 8. The van der Waals surface area contributed by atoms with E-state index in [0.29, 0.717) is 83.7 Å². The minimum atomic E-state index is -0.679. The number of Topliss-reactive ketones (excluding diaryl/α,β-unsaturated/α-hetero) is 2. The summed E-state index contributed by atoms with van der Waals surface area (Å²) in [5.74, 6) is -2.08. The number of fused-ring (bicyclic) bond motifs is 3. The third-order valence-electron chi connectivity index (χ3n) is 14.3.